The maximum atomic E-state index is 15.2. The summed E-state index contributed by atoms with van der Waals surface area (Å²) in [4.78, 5) is 28.9. The van der Waals surface area contributed by atoms with Crippen molar-refractivity contribution in [2.75, 3.05) is 43.4 Å². The van der Waals surface area contributed by atoms with Crippen molar-refractivity contribution in [2.24, 2.45) is 0 Å². The first-order valence-corrected chi connectivity index (χ1v) is 14.3. The third-order valence-electron chi connectivity index (χ3n) is 7.38. The summed E-state index contributed by atoms with van der Waals surface area (Å²) in [5.74, 6) is 1.12. The van der Waals surface area contributed by atoms with E-state index in [0.717, 1.165) is 56.4 Å². The molecule has 2 aromatic heterocycles. The van der Waals surface area contributed by atoms with Crippen molar-refractivity contribution in [3.63, 3.8) is 0 Å². The summed E-state index contributed by atoms with van der Waals surface area (Å²) in [6.07, 6.45) is 10.5. The number of halogens is 1. The van der Waals surface area contributed by atoms with Gasteiger partial charge in [-0.25, -0.2) is 4.39 Å². The Bertz CT molecular complexity index is 1480. The number of benzene rings is 1. The number of aromatic nitrogens is 3. The number of hydrogen-bond donors (Lipinski definition) is 3. The molecule has 0 radical (unpaired) electrons. The van der Waals surface area contributed by atoms with Gasteiger partial charge >= 0.3 is 0 Å². The molecule has 9 nitrogen and oxygen atoms in total. The van der Waals surface area contributed by atoms with Gasteiger partial charge in [0, 0.05) is 43.8 Å². The van der Waals surface area contributed by atoms with E-state index < -0.39 is 0 Å². The quantitative estimate of drug-likeness (QED) is 0.157. The number of carbonyl (C=O) groups is 1. The smallest absolute Gasteiger partial charge is 0.247 e. The second kappa shape index (κ2) is 12.6. The predicted octanol–water partition coefficient (Wildman–Crippen LogP) is 5.74. The Morgan fingerprint density at radius 2 is 2.00 bits per heavy atom. The van der Waals surface area contributed by atoms with E-state index in [2.05, 4.69) is 39.0 Å². The third-order valence-corrected chi connectivity index (χ3v) is 7.38. The first-order valence-electron chi connectivity index (χ1n) is 14.3. The molecule has 10 heteroatoms. The molecule has 0 unspecified atom stereocenters. The minimum Gasteiger partial charge on any atom is -0.438 e. The third kappa shape index (κ3) is 6.77. The van der Waals surface area contributed by atoms with Gasteiger partial charge in [0.05, 0.1) is 11.1 Å². The number of piperazine rings is 1. The minimum atomic E-state index is -0.292. The van der Waals surface area contributed by atoms with Crippen LogP contribution < -0.4 is 20.3 Å². The number of nitrogens with one attached hydrogen (secondary N) is 3. The lowest BCUT2D eigenvalue weighted by Gasteiger charge is -2.34. The van der Waals surface area contributed by atoms with E-state index >= 15 is 4.39 Å². The lowest BCUT2D eigenvalue weighted by Crippen LogP contribution is -2.44. The molecule has 3 aromatic rings. The molecule has 216 valence electrons. The van der Waals surface area contributed by atoms with Gasteiger partial charge in [-0.05, 0) is 80.6 Å². The van der Waals surface area contributed by atoms with Crippen molar-refractivity contribution in [3.05, 3.63) is 72.0 Å². The fourth-order valence-corrected chi connectivity index (χ4v) is 4.94. The Kier molecular flexibility index (Phi) is 8.68. The zero-order chi connectivity index (χ0) is 28.9. The standard InChI is InChI=1S/C31H38FN7O2/c1-5-8-23(17-21(6-2)34-27(40)7-3)41-30-28-24(20-9-10-20)19-33-29(28)36-31(37-30)35-22-11-12-26(25(32)18-22)39-15-13-38(4)14-16-39/h7-8,11-12,17-20H,3,5-6,9-10,13-16H2,1-2,4H3,(H,34,40)(H2,33,35,36,37)/b21-17+,23-8+. The number of amides is 1. The van der Waals surface area contributed by atoms with Gasteiger partial charge in [0.2, 0.25) is 17.7 Å². The number of allylic oxidation sites excluding steroid dienone is 3. The monoisotopic (exact) mass is 559 g/mol. The molecule has 1 saturated carbocycles. The van der Waals surface area contributed by atoms with Crippen molar-refractivity contribution in [2.45, 2.75) is 45.4 Å². The lowest BCUT2D eigenvalue weighted by atomic mass is 10.1. The Hall–Kier alpha value is -4.18. The van der Waals surface area contributed by atoms with Crippen LogP contribution in [0.15, 0.2) is 60.7 Å². The van der Waals surface area contributed by atoms with Crippen LogP contribution >= 0.6 is 0 Å². The summed E-state index contributed by atoms with van der Waals surface area (Å²) in [6, 6.07) is 5.12. The van der Waals surface area contributed by atoms with Crippen LogP contribution in [0.25, 0.3) is 11.0 Å². The van der Waals surface area contributed by atoms with E-state index in [-0.39, 0.29) is 11.7 Å². The first-order chi connectivity index (χ1) is 19.9. The van der Waals surface area contributed by atoms with Crippen LogP contribution in [-0.4, -0.2) is 59.0 Å². The van der Waals surface area contributed by atoms with Crippen LogP contribution in [0.1, 0.15) is 51.0 Å². The minimum absolute atomic E-state index is 0.280. The van der Waals surface area contributed by atoms with Crippen LogP contribution in [0.2, 0.25) is 0 Å². The van der Waals surface area contributed by atoms with E-state index in [9.17, 15) is 4.79 Å². The topological polar surface area (TPSA) is 98.4 Å². The van der Waals surface area contributed by atoms with Gasteiger partial charge in [-0.3, -0.25) is 4.79 Å². The molecule has 1 aliphatic heterocycles. The second-order valence-corrected chi connectivity index (χ2v) is 10.5. The zero-order valence-corrected chi connectivity index (χ0v) is 24.0. The highest BCUT2D eigenvalue weighted by Gasteiger charge is 2.29. The Morgan fingerprint density at radius 3 is 2.66 bits per heavy atom. The predicted molar refractivity (Wildman–Crippen MR) is 161 cm³/mol. The Labute approximate surface area is 240 Å². The van der Waals surface area contributed by atoms with Crippen molar-refractivity contribution in [1.82, 2.24) is 25.2 Å². The molecule has 3 heterocycles. The van der Waals surface area contributed by atoms with E-state index in [1.807, 2.05) is 38.3 Å². The average Bonchev–Trinajstić information content (AvgIpc) is 3.72. The number of carbonyl (C=O) groups excluding carboxylic acids is 1. The zero-order valence-electron chi connectivity index (χ0n) is 24.0. The molecular formula is C31H38FN7O2. The molecule has 41 heavy (non-hydrogen) atoms. The fourth-order valence-electron chi connectivity index (χ4n) is 4.94. The number of aromatic amines is 1. The molecule has 5 rings (SSSR count). The normalized spacial score (nSPS) is 16.6. The summed E-state index contributed by atoms with van der Waals surface area (Å²) in [6.45, 7) is 10.9. The van der Waals surface area contributed by atoms with Crippen molar-refractivity contribution < 1.29 is 13.9 Å². The van der Waals surface area contributed by atoms with Crippen LogP contribution in [0.3, 0.4) is 0 Å². The summed E-state index contributed by atoms with van der Waals surface area (Å²) in [5, 5.41) is 6.83. The van der Waals surface area contributed by atoms with Gasteiger partial charge < -0.3 is 30.2 Å². The summed E-state index contributed by atoms with van der Waals surface area (Å²) < 4.78 is 21.6. The molecule has 0 bridgehead atoms. The molecule has 3 N–H and O–H groups in total. The number of fused-ring (bicyclic) bond motifs is 1. The number of anilines is 3. The molecule has 2 aliphatic rings. The highest BCUT2D eigenvalue weighted by atomic mass is 19.1. The maximum Gasteiger partial charge on any atom is 0.247 e. The van der Waals surface area contributed by atoms with Gasteiger partial charge in [0.1, 0.15) is 17.2 Å². The van der Waals surface area contributed by atoms with Crippen molar-refractivity contribution in [3.8, 4) is 5.88 Å². The fraction of sp³-hybridized carbons (Fsp3) is 0.387. The SMILES string of the molecule is C=CC(=O)N/C(=C/C(=C\CC)Oc1nc(Nc2ccc(N3CCN(C)CC3)c(F)c2)nc2[nH]cc(C3CC3)c12)CC. The molecule has 1 saturated heterocycles. The number of rotatable bonds is 11. The van der Waals surface area contributed by atoms with Gasteiger partial charge in [-0.15, -0.1) is 0 Å². The average molecular weight is 560 g/mol. The molecular weight excluding hydrogens is 521 g/mol. The van der Waals surface area contributed by atoms with Gasteiger partial charge in [-0.1, -0.05) is 20.4 Å². The molecule has 0 atom stereocenters. The van der Waals surface area contributed by atoms with E-state index in [4.69, 9.17) is 14.7 Å². The van der Waals surface area contributed by atoms with E-state index in [0.29, 0.717) is 52.6 Å². The largest absolute Gasteiger partial charge is 0.438 e. The number of nitrogens with zero attached hydrogens (tertiary/aromatic N) is 4. The van der Waals surface area contributed by atoms with Crippen LogP contribution in [0, 0.1) is 5.82 Å². The summed E-state index contributed by atoms with van der Waals surface area (Å²) in [5.41, 5.74) is 3.61. The number of ether oxygens (including phenoxy) is 1. The maximum absolute atomic E-state index is 15.2. The summed E-state index contributed by atoms with van der Waals surface area (Å²) in [7, 11) is 2.08. The van der Waals surface area contributed by atoms with Crippen molar-refractivity contribution in [1.29, 1.82) is 0 Å². The molecule has 1 aromatic carbocycles. The van der Waals surface area contributed by atoms with Crippen LogP contribution in [-0.2, 0) is 4.79 Å². The molecule has 1 aliphatic carbocycles. The molecule has 0 spiro atoms. The Morgan fingerprint density at radius 1 is 1.22 bits per heavy atom. The van der Waals surface area contributed by atoms with E-state index in [1.54, 1.807) is 6.07 Å². The Balaban J connectivity index is 1.45. The molecule has 2 fully saturated rings. The number of likely N-dealkylation sites (N-methyl/N-ethyl adjacent to an activating group) is 1. The molecule has 1 amide bonds. The number of H-pyrrole nitrogens is 1. The lowest BCUT2D eigenvalue weighted by molar-refractivity contribution is -0.115. The first kappa shape index (κ1) is 28.4. The van der Waals surface area contributed by atoms with Crippen LogP contribution in [0.5, 0.6) is 5.88 Å². The van der Waals surface area contributed by atoms with E-state index in [1.165, 1.54) is 12.1 Å². The van der Waals surface area contributed by atoms with Crippen LogP contribution in [0.4, 0.5) is 21.7 Å². The van der Waals surface area contributed by atoms with Gasteiger partial charge in [0.25, 0.3) is 0 Å². The van der Waals surface area contributed by atoms with Gasteiger partial charge in [-0.2, -0.15) is 9.97 Å². The highest BCUT2D eigenvalue weighted by molar-refractivity contribution is 5.88. The summed E-state index contributed by atoms with van der Waals surface area (Å²) >= 11 is 0. The van der Waals surface area contributed by atoms with Crippen molar-refractivity contribution >= 4 is 34.3 Å². The van der Waals surface area contributed by atoms with Gasteiger partial charge in [0.15, 0.2) is 0 Å². The number of hydrogen-bond acceptors (Lipinski definition) is 7. The second-order valence-electron chi connectivity index (χ2n) is 10.5. The highest BCUT2D eigenvalue weighted by Crippen LogP contribution is 2.45.